The Morgan fingerprint density at radius 2 is 2.04 bits per heavy atom. The molecule has 1 aliphatic rings. The van der Waals surface area contributed by atoms with Crippen molar-refractivity contribution in [3.8, 4) is 0 Å². The SMILES string of the molecule is Cc1nccc(C(=O)N2CCCC(Cc3ccc4cnccc4c3)CC2)n1. The fraction of sp³-hybridized carbons (Fsp3) is 0.364. The van der Waals surface area contributed by atoms with Gasteiger partial charge in [-0.15, -0.1) is 0 Å². The van der Waals surface area contributed by atoms with Crippen molar-refractivity contribution in [3.63, 3.8) is 0 Å². The largest absolute Gasteiger partial charge is 0.337 e. The summed E-state index contributed by atoms with van der Waals surface area (Å²) in [5.41, 5.74) is 1.87. The number of pyridine rings is 1. The average molecular weight is 360 g/mol. The number of nitrogens with zero attached hydrogens (tertiary/aromatic N) is 4. The highest BCUT2D eigenvalue weighted by molar-refractivity contribution is 5.92. The molecule has 0 bridgehead atoms. The highest BCUT2D eigenvalue weighted by Crippen LogP contribution is 2.24. The van der Waals surface area contributed by atoms with Crippen molar-refractivity contribution in [2.24, 2.45) is 5.92 Å². The predicted molar refractivity (Wildman–Crippen MR) is 105 cm³/mol. The van der Waals surface area contributed by atoms with Gasteiger partial charge in [-0.05, 0) is 61.6 Å². The van der Waals surface area contributed by atoms with Crippen LogP contribution in [0.4, 0.5) is 0 Å². The number of fused-ring (bicyclic) bond motifs is 1. The topological polar surface area (TPSA) is 59.0 Å². The van der Waals surface area contributed by atoms with Gasteiger partial charge in [0.05, 0.1) is 0 Å². The number of aryl methyl sites for hydroxylation is 1. The molecule has 0 N–H and O–H groups in total. The predicted octanol–water partition coefficient (Wildman–Crippen LogP) is 3.82. The first-order valence-electron chi connectivity index (χ1n) is 9.60. The van der Waals surface area contributed by atoms with Crippen molar-refractivity contribution < 1.29 is 4.79 Å². The number of likely N-dealkylation sites (tertiary alicyclic amines) is 1. The molecule has 0 spiro atoms. The Labute approximate surface area is 159 Å². The summed E-state index contributed by atoms with van der Waals surface area (Å²) in [5.74, 6) is 1.27. The third-order valence-electron chi connectivity index (χ3n) is 5.36. The number of benzene rings is 1. The molecule has 0 saturated carbocycles. The molecular formula is C22H24N4O. The molecule has 5 heteroatoms. The molecule has 27 heavy (non-hydrogen) atoms. The molecule has 0 aliphatic carbocycles. The maximum Gasteiger partial charge on any atom is 0.272 e. The fourth-order valence-electron chi connectivity index (χ4n) is 3.90. The summed E-state index contributed by atoms with van der Waals surface area (Å²) in [4.78, 5) is 27.2. The van der Waals surface area contributed by atoms with Crippen LogP contribution in [0.5, 0.6) is 0 Å². The van der Waals surface area contributed by atoms with Crippen molar-refractivity contribution in [2.45, 2.75) is 32.6 Å². The molecule has 1 atom stereocenters. The summed E-state index contributed by atoms with van der Waals surface area (Å²) in [6.45, 7) is 3.42. The van der Waals surface area contributed by atoms with Crippen LogP contribution < -0.4 is 0 Å². The van der Waals surface area contributed by atoms with Gasteiger partial charge in [0.2, 0.25) is 0 Å². The number of carbonyl (C=O) groups is 1. The summed E-state index contributed by atoms with van der Waals surface area (Å²) < 4.78 is 0. The van der Waals surface area contributed by atoms with Crippen molar-refractivity contribution in [2.75, 3.05) is 13.1 Å². The van der Waals surface area contributed by atoms with Gasteiger partial charge in [0.15, 0.2) is 0 Å². The Morgan fingerprint density at radius 1 is 1.11 bits per heavy atom. The second-order valence-corrected chi connectivity index (χ2v) is 7.34. The lowest BCUT2D eigenvalue weighted by Crippen LogP contribution is -2.32. The standard InChI is InChI=1S/C22H24N4O/c1-16-24-10-7-21(25-16)22(27)26-11-2-3-17(8-12-26)13-18-4-5-20-15-23-9-6-19(20)14-18/h4-7,9-10,14-15,17H,2-3,8,11-13H2,1H3. The fourth-order valence-corrected chi connectivity index (χ4v) is 3.90. The molecule has 1 amide bonds. The zero-order valence-corrected chi connectivity index (χ0v) is 15.6. The maximum atomic E-state index is 12.7. The van der Waals surface area contributed by atoms with Gasteiger partial charge in [-0.25, -0.2) is 9.97 Å². The highest BCUT2D eigenvalue weighted by atomic mass is 16.2. The van der Waals surface area contributed by atoms with Crippen LogP contribution in [0, 0.1) is 12.8 Å². The Kier molecular flexibility index (Phi) is 5.10. The molecule has 1 aromatic carbocycles. The number of aromatic nitrogens is 3. The van der Waals surface area contributed by atoms with Crippen molar-refractivity contribution >= 4 is 16.7 Å². The van der Waals surface area contributed by atoms with Crippen LogP contribution in [-0.2, 0) is 6.42 Å². The van der Waals surface area contributed by atoms with E-state index in [1.54, 1.807) is 12.3 Å². The van der Waals surface area contributed by atoms with Crippen molar-refractivity contribution in [1.29, 1.82) is 0 Å². The van der Waals surface area contributed by atoms with Gasteiger partial charge < -0.3 is 4.90 Å². The number of amides is 1. The van der Waals surface area contributed by atoms with Gasteiger partial charge in [-0.1, -0.05) is 18.2 Å². The molecule has 1 unspecified atom stereocenters. The van der Waals surface area contributed by atoms with E-state index < -0.39 is 0 Å². The normalized spacial score (nSPS) is 17.7. The molecule has 1 saturated heterocycles. The molecule has 1 fully saturated rings. The van der Waals surface area contributed by atoms with E-state index in [0.29, 0.717) is 17.4 Å². The minimum absolute atomic E-state index is 0.0272. The molecule has 2 aromatic heterocycles. The van der Waals surface area contributed by atoms with E-state index in [9.17, 15) is 4.79 Å². The highest BCUT2D eigenvalue weighted by Gasteiger charge is 2.22. The third kappa shape index (κ3) is 4.13. The first-order valence-corrected chi connectivity index (χ1v) is 9.60. The lowest BCUT2D eigenvalue weighted by atomic mass is 9.92. The molecule has 3 aromatic rings. The van der Waals surface area contributed by atoms with Gasteiger partial charge in [-0.2, -0.15) is 0 Å². The third-order valence-corrected chi connectivity index (χ3v) is 5.36. The van der Waals surface area contributed by atoms with Crippen LogP contribution in [0.1, 0.15) is 41.1 Å². The van der Waals surface area contributed by atoms with E-state index in [0.717, 1.165) is 38.8 Å². The lowest BCUT2D eigenvalue weighted by Gasteiger charge is -2.20. The zero-order valence-electron chi connectivity index (χ0n) is 15.6. The van der Waals surface area contributed by atoms with Gasteiger partial charge in [0.1, 0.15) is 11.5 Å². The summed E-state index contributed by atoms with van der Waals surface area (Å²) in [7, 11) is 0. The Hall–Kier alpha value is -2.82. The van der Waals surface area contributed by atoms with Gasteiger partial charge in [0, 0.05) is 37.1 Å². The summed E-state index contributed by atoms with van der Waals surface area (Å²) in [6.07, 6.45) is 9.70. The molecule has 4 rings (SSSR count). The first kappa shape index (κ1) is 17.6. The van der Waals surface area contributed by atoms with Gasteiger partial charge >= 0.3 is 0 Å². The molecular weight excluding hydrogens is 336 g/mol. The van der Waals surface area contributed by atoms with Gasteiger partial charge in [0.25, 0.3) is 5.91 Å². The maximum absolute atomic E-state index is 12.7. The molecule has 1 aliphatic heterocycles. The second-order valence-electron chi connectivity index (χ2n) is 7.34. The summed E-state index contributed by atoms with van der Waals surface area (Å²) in [6, 6.07) is 10.4. The minimum Gasteiger partial charge on any atom is -0.337 e. The van der Waals surface area contributed by atoms with E-state index in [2.05, 4.69) is 39.2 Å². The van der Waals surface area contributed by atoms with Gasteiger partial charge in [-0.3, -0.25) is 9.78 Å². The van der Waals surface area contributed by atoms with E-state index in [4.69, 9.17) is 0 Å². The number of hydrogen-bond donors (Lipinski definition) is 0. The van der Waals surface area contributed by atoms with Crippen LogP contribution in [0.3, 0.4) is 0 Å². The number of rotatable bonds is 3. The first-order chi connectivity index (χ1) is 13.2. The second kappa shape index (κ2) is 7.82. The smallest absolute Gasteiger partial charge is 0.272 e. The van der Waals surface area contributed by atoms with Crippen molar-refractivity contribution in [3.05, 3.63) is 66.0 Å². The van der Waals surface area contributed by atoms with E-state index >= 15 is 0 Å². The van der Waals surface area contributed by atoms with Crippen LogP contribution in [0.25, 0.3) is 10.8 Å². The molecule has 3 heterocycles. The quantitative estimate of drug-likeness (QED) is 0.712. The number of carbonyl (C=O) groups excluding carboxylic acids is 1. The van der Waals surface area contributed by atoms with Crippen LogP contribution in [0.2, 0.25) is 0 Å². The zero-order chi connectivity index (χ0) is 18.6. The average Bonchev–Trinajstić information content (AvgIpc) is 2.93. The molecule has 0 radical (unpaired) electrons. The Morgan fingerprint density at radius 3 is 2.93 bits per heavy atom. The number of hydrogen-bond acceptors (Lipinski definition) is 4. The molecule has 138 valence electrons. The van der Waals surface area contributed by atoms with E-state index in [1.807, 2.05) is 24.2 Å². The Balaban J connectivity index is 1.41. The minimum atomic E-state index is 0.0272. The van der Waals surface area contributed by atoms with E-state index in [-0.39, 0.29) is 5.91 Å². The summed E-state index contributed by atoms with van der Waals surface area (Å²) >= 11 is 0. The lowest BCUT2D eigenvalue weighted by molar-refractivity contribution is 0.0753. The Bertz CT molecular complexity index is 956. The van der Waals surface area contributed by atoms with Crippen LogP contribution in [0.15, 0.2) is 48.9 Å². The van der Waals surface area contributed by atoms with Crippen LogP contribution >= 0.6 is 0 Å². The van der Waals surface area contributed by atoms with E-state index in [1.165, 1.54) is 16.3 Å². The monoisotopic (exact) mass is 360 g/mol. The van der Waals surface area contributed by atoms with Crippen molar-refractivity contribution in [1.82, 2.24) is 19.9 Å². The summed E-state index contributed by atoms with van der Waals surface area (Å²) in [5, 5.41) is 2.42. The van der Waals surface area contributed by atoms with Crippen LogP contribution in [-0.4, -0.2) is 38.8 Å². The molecule has 5 nitrogen and oxygen atoms in total.